The molecule has 0 N–H and O–H groups in total. The fraction of sp³-hybridized carbons (Fsp3) is 0.567. The summed E-state index contributed by atoms with van der Waals surface area (Å²) < 4.78 is 101. The number of benzene rings is 2. The van der Waals surface area contributed by atoms with Crippen LogP contribution in [0, 0.1) is 11.7 Å². The van der Waals surface area contributed by atoms with Crippen LogP contribution in [0.1, 0.15) is 73.3 Å². The Morgan fingerprint density at radius 3 is 2.10 bits per heavy atom. The molecule has 11 heteroatoms. The molecule has 3 heterocycles. The zero-order valence-electron chi connectivity index (χ0n) is 22.6. The Balaban J connectivity index is 1.42. The van der Waals surface area contributed by atoms with Gasteiger partial charge in [-0.25, -0.2) is 4.39 Å². The van der Waals surface area contributed by atoms with Crippen molar-refractivity contribution in [1.82, 2.24) is 9.80 Å². The Labute approximate surface area is 234 Å². The third-order valence-corrected chi connectivity index (χ3v) is 8.72. The van der Waals surface area contributed by atoms with Crippen molar-refractivity contribution in [2.75, 3.05) is 26.2 Å². The monoisotopic (exact) mass is 586 g/mol. The number of halogens is 7. The molecule has 2 aromatic carbocycles. The second kappa shape index (κ2) is 11.6. The molecule has 5 atom stereocenters. The molecule has 0 aliphatic carbocycles. The lowest BCUT2D eigenvalue weighted by Gasteiger charge is -2.39. The SMILES string of the molecule is C[C@@H](O[C@H]1CN2CCC(C(=O)N3CCCCC3)C[C@H]2[C@@H]1c1ccc(F)cc1)c1cc(C(F)(F)F)cc(C(F)(F)F)c1. The minimum absolute atomic E-state index is 0.104. The number of carbonyl (C=O) groups is 1. The Morgan fingerprint density at radius 2 is 1.51 bits per heavy atom. The summed E-state index contributed by atoms with van der Waals surface area (Å²) in [5, 5.41) is 0. The molecule has 0 radical (unpaired) electrons. The summed E-state index contributed by atoms with van der Waals surface area (Å²) in [4.78, 5) is 17.4. The summed E-state index contributed by atoms with van der Waals surface area (Å²) in [6, 6.07) is 7.26. The van der Waals surface area contributed by atoms with Gasteiger partial charge in [0.1, 0.15) is 5.82 Å². The number of ether oxygens (including phenoxy) is 1. The van der Waals surface area contributed by atoms with Gasteiger partial charge in [0.25, 0.3) is 0 Å². The van der Waals surface area contributed by atoms with Crippen molar-refractivity contribution in [2.45, 2.75) is 75.5 Å². The normalized spacial score (nSPS) is 26.6. The molecule has 0 aromatic heterocycles. The summed E-state index contributed by atoms with van der Waals surface area (Å²) in [6.07, 6.45) is -7.33. The minimum Gasteiger partial charge on any atom is -0.369 e. The molecule has 0 bridgehead atoms. The summed E-state index contributed by atoms with van der Waals surface area (Å²) >= 11 is 0. The standard InChI is InChI=1S/C30H33F7N2O2/c1-18(21-13-22(29(32,33)34)16-23(14-21)30(35,36)37)41-26-17-39-12-9-20(28(40)38-10-3-2-4-11-38)15-25(39)27(26)19-5-7-24(31)8-6-19/h5-8,13-14,16,18,20,25-27H,2-4,9-12,15,17H2,1H3/t18-,20?,25+,26+,27+/m1/s1. The topological polar surface area (TPSA) is 32.8 Å². The van der Waals surface area contributed by atoms with Crippen LogP contribution in [-0.4, -0.2) is 54.0 Å². The van der Waals surface area contributed by atoms with Crippen LogP contribution in [0.25, 0.3) is 0 Å². The molecule has 41 heavy (non-hydrogen) atoms. The van der Waals surface area contributed by atoms with E-state index in [1.807, 2.05) is 4.90 Å². The zero-order valence-corrected chi connectivity index (χ0v) is 22.6. The number of hydrogen-bond donors (Lipinski definition) is 0. The number of fused-ring (bicyclic) bond motifs is 1. The lowest BCUT2D eigenvalue weighted by molar-refractivity contribution is -0.143. The number of alkyl halides is 6. The highest BCUT2D eigenvalue weighted by atomic mass is 19.4. The Morgan fingerprint density at radius 1 is 0.902 bits per heavy atom. The Hall–Kier alpha value is -2.66. The molecule has 4 nitrogen and oxygen atoms in total. The van der Waals surface area contributed by atoms with E-state index in [1.165, 1.54) is 19.1 Å². The molecule has 3 aliphatic rings. The molecular formula is C30H33F7N2O2. The molecule has 224 valence electrons. The fourth-order valence-electron chi connectivity index (χ4n) is 6.64. The number of carbonyl (C=O) groups excluding carboxylic acids is 1. The van der Waals surface area contributed by atoms with Crippen molar-refractivity contribution >= 4 is 5.91 Å². The van der Waals surface area contributed by atoms with Crippen LogP contribution >= 0.6 is 0 Å². The lowest BCUT2D eigenvalue weighted by atomic mass is 9.81. The van der Waals surface area contributed by atoms with E-state index in [1.54, 1.807) is 12.1 Å². The number of nitrogens with zero attached hydrogens (tertiary/aromatic N) is 2. The van der Waals surface area contributed by atoms with E-state index >= 15 is 0 Å². The van der Waals surface area contributed by atoms with Gasteiger partial charge in [-0.1, -0.05) is 12.1 Å². The molecule has 0 saturated carbocycles. The van der Waals surface area contributed by atoms with Gasteiger partial charge < -0.3 is 9.64 Å². The van der Waals surface area contributed by atoms with Gasteiger partial charge in [0.15, 0.2) is 0 Å². The highest BCUT2D eigenvalue weighted by Gasteiger charge is 2.48. The average Bonchev–Trinajstić information content (AvgIpc) is 3.29. The van der Waals surface area contributed by atoms with E-state index < -0.39 is 41.5 Å². The predicted molar refractivity (Wildman–Crippen MR) is 137 cm³/mol. The maximum absolute atomic E-state index is 13.8. The largest absolute Gasteiger partial charge is 0.416 e. The zero-order chi connectivity index (χ0) is 29.5. The molecule has 3 fully saturated rings. The highest BCUT2D eigenvalue weighted by Crippen LogP contribution is 2.45. The summed E-state index contributed by atoms with van der Waals surface area (Å²) in [6.45, 7) is 3.93. The first kappa shape index (κ1) is 29.8. The molecule has 0 spiro atoms. The van der Waals surface area contributed by atoms with Crippen molar-refractivity contribution in [2.24, 2.45) is 5.92 Å². The molecule has 1 unspecified atom stereocenters. The number of rotatable bonds is 5. The number of likely N-dealkylation sites (tertiary alicyclic amines) is 1. The van der Waals surface area contributed by atoms with Gasteiger partial charge in [0.2, 0.25) is 5.91 Å². The van der Waals surface area contributed by atoms with Crippen molar-refractivity contribution in [1.29, 1.82) is 0 Å². The van der Waals surface area contributed by atoms with Gasteiger partial charge in [0, 0.05) is 37.5 Å². The Bertz CT molecular complexity index is 1190. The quantitative estimate of drug-likeness (QED) is 0.348. The van der Waals surface area contributed by atoms with Gasteiger partial charge in [0.05, 0.1) is 23.3 Å². The summed E-state index contributed by atoms with van der Waals surface area (Å²) in [5.74, 6) is -0.836. The maximum atomic E-state index is 13.8. The minimum atomic E-state index is -4.96. The fourth-order valence-corrected chi connectivity index (χ4v) is 6.64. The molecule has 3 aliphatic heterocycles. The van der Waals surface area contributed by atoms with Gasteiger partial charge in [-0.3, -0.25) is 9.69 Å². The van der Waals surface area contributed by atoms with Crippen LogP contribution in [0.15, 0.2) is 42.5 Å². The summed E-state index contributed by atoms with van der Waals surface area (Å²) in [5.41, 5.74) is -2.26. The number of piperidine rings is 2. The molecular weight excluding hydrogens is 553 g/mol. The third-order valence-electron chi connectivity index (χ3n) is 8.72. The first-order valence-corrected chi connectivity index (χ1v) is 14.0. The molecule has 5 rings (SSSR count). The van der Waals surface area contributed by atoms with E-state index in [9.17, 15) is 35.5 Å². The van der Waals surface area contributed by atoms with E-state index in [2.05, 4.69) is 4.90 Å². The second-order valence-electron chi connectivity index (χ2n) is 11.4. The first-order chi connectivity index (χ1) is 19.3. The third kappa shape index (κ3) is 6.56. The van der Waals surface area contributed by atoms with Crippen LogP contribution in [-0.2, 0) is 21.9 Å². The van der Waals surface area contributed by atoms with Crippen LogP contribution in [0.4, 0.5) is 30.7 Å². The number of hydrogen-bond acceptors (Lipinski definition) is 3. The van der Waals surface area contributed by atoms with Crippen molar-refractivity contribution in [3.05, 3.63) is 70.5 Å². The Kier molecular flexibility index (Phi) is 8.40. The van der Waals surface area contributed by atoms with Crippen molar-refractivity contribution in [3.8, 4) is 0 Å². The molecule has 1 amide bonds. The van der Waals surface area contributed by atoms with E-state index in [-0.39, 0.29) is 35.4 Å². The lowest BCUT2D eigenvalue weighted by Crippen LogP contribution is -2.47. The van der Waals surface area contributed by atoms with Crippen molar-refractivity contribution < 1.29 is 40.3 Å². The van der Waals surface area contributed by atoms with E-state index in [4.69, 9.17) is 4.74 Å². The van der Waals surface area contributed by atoms with Crippen LogP contribution in [0.3, 0.4) is 0 Å². The van der Waals surface area contributed by atoms with Gasteiger partial charge >= 0.3 is 12.4 Å². The smallest absolute Gasteiger partial charge is 0.369 e. The average molecular weight is 587 g/mol. The molecule has 2 aromatic rings. The number of amides is 1. The maximum Gasteiger partial charge on any atom is 0.416 e. The van der Waals surface area contributed by atoms with E-state index in [0.717, 1.165) is 37.9 Å². The van der Waals surface area contributed by atoms with E-state index in [0.29, 0.717) is 38.1 Å². The first-order valence-electron chi connectivity index (χ1n) is 14.0. The summed E-state index contributed by atoms with van der Waals surface area (Å²) in [7, 11) is 0. The van der Waals surface area contributed by atoms with Crippen LogP contribution in [0.2, 0.25) is 0 Å². The van der Waals surface area contributed by atoms with Gasteiger partial charge in [-0.2, -0.15) is 26.3 Å². The van der Waals surface area contributed by atoms with Gasteiger partial charge in [-0.05, 0) is 87.0 Å². The highest BCUT2D eigenvalue weighted by molar-refractivity contribution is 5.79. The second-order valence-corrected chi connectivity index (χ2v) is 11.4. The molecule has 3 saturated heterocycles. The van der Waals surface area contributed by atoms with Crippen molar-refractivity contribution in [3.63, 3.8) is 0 Å². The van der Waals surface area contributed by atoms with Crippen LogP contribution < -0.4 is 0 Å². The van der Waals surface area contributed by atoms with Crippen LogP contribution in [0.5, 0.6) is 0 Å². The van der Waals surface area contributed by atoms with Gasteiger partial charge in [-0.15, -0.1) is 0 Å². The predicted octanol–water partition coefficient (Wildman–Crippen LogP) is 7.20.